The summed E-state index contributed by atoms with van der Waals surface area (Å²) in [7, 11) is 0. The molecule has 0 aliphatic heterocycles. The van der Waals surface area contributed by atoms with Crippen LogP contribution in [-0.2, 0) is 0 Å². The van der Waals surface area contributed by atoms with E-state index in [0.29, 0.717) is 5.95 Å². The van der Waals surface area contributed by atoms with Crippen LogP contribution in [0.3, 0.4) is 0 Å². The van der Waals surface area contributed by atoms with E-state index >= 15 is 0 Å². The van der Waals surface area contributed by atoms with E-state index in [-0.39, 0.29) is 0 Å². The maximum Gasteiger partial charge on any atom is 0.227 e. The molecule has 15 heavy (non-hydrogen) atoms. The fraction of sp³-hybridized carbons (Fsp3) is 0.0909. The smallest absolute Gasteiger partial charge is 0.227 e. The first-order valence-electron chi connectivity index (χ1n) is 4.55. The van der Waals surface area contributed by atoms with E-state index in [1.54, 1.807) is 12.4 Å². The lowest BCUT2D eigenvalue weighted by Gasteiger charge is -2.04. The zero-order chi connectivity index (χ0) is 10.7. The highest BCUT2D eigenvalue weighted by atomic mass is 127. The zero-order valence-electron chi connectivity index (χ0n) is 8.24. The summed E-state index contributed by atoms with van der Waals surface area (Å²) >= 11 is 2.18. The third kappa shape index (κ3) is 2.89. The van der Waals surface area contributed by atoms with Crippen molar-refractivity contribution in [3.05, 3.63) is 45.8 Å². The van der Waals surface area contributed by atoms with E-state index in [1.165, 1.54) is 5.56 Å². The molecule has 1 aromatic heterocycles. The molecule has 0 bridgehead atoms. The SMILES string of the molecule is Cc1cccc(Nc2ncc(I)cn2)c1. The van der Waals surface area contributed by atoms with Gasteiger partial charge in [-0.1, -0.05) is 12.1 Å². The summed E-state index contributed by atoms with van der Waals surface area (Å²) in [5.74, 6) is 0.626. The number of aryl methyl sites for hydroxylation is 1. The number of hydrogen-bond donors (Lipinski definition) is 1. The maximum atomic E-state index is 4.17. The minimum Gasteiger partial charge on any atom is -0.324 e. The molecule has 0 aliphatic rings. The van der Waals surface area contributed by atoms with Crippen LogP contribution in [0.25, 0.3) is 0 Å². The van der Waals surface area contributed by atoms with Crippen LogP contribution in [0.2, 0.25) is 0 Å². The second kappa shape index (κ2) is 4.57. The summed E-state index contributed by atoms with van der Waals surface area (Å²) < 4.78 is 1.03. The van der Waals surface area contributed by atoms with E-state index in [9.17, 15) is 0 Å². The minimum atomic E-state index is 0.626. The Morgan fingerprint density at radius 1 is 1.20 bits per heavy atom. The van der Waals surface area contributed by atoms with Crippen molar-refractivity contribution < 1.29 is 0 Å². The predicted molar refractivity (Wildman–Crippen MR) is 69.2 cm³/mol. The van der Waals surface area contributed by atoms with Gasteiger partial charge in [0.1, 0.15) is 0 Å². The van der Waals surface area contributed by atoms with Crippen molar-refractivity contribution in [2.75, 3.05) is 5.32 Å². The number of nitrogens with one attached hydrogen (secondary N) is 1. The van der Waals surface area contributed by atoms with Crippen molar-refractivity contribution in [3.8, 4) is 0 Å². The lowest BCUT2D eigenvalue weighted by Crippen LogP contribution is -1.96. The average Bonchev–Trinajstić information content (AvgIpc) is 2.22. The Balaban J connectivity index is 2.18. The molecule has 0 aliphatic carbocycles. The number of hydrogen-bond acceptors (Lipinski definition) is 3. The van der Waals surface area contributed by atoms with Gasteiger partial charge >= 0.3 is 0 Å². The van der Waals surface area contributed by atoms with Crippen molar-refractivity contribution in [2.45, 2.75) is 6.92 Å². The van der Waals surface area contributed by atoms with Crippen LogP contribution in [0.15, 0.2) is 36.7 Å². The maximum absolute atomic E-state index is 4.17. The Labute approximate surface area is 102 Å². The highest BCUT2D eigenvalue weighted by molar-refractivity contribution is 14.1. The van der Waals surface area contributed by atoms with Crippen LogP contribution in [0, 0.1) is 10.5 Å². The predicted octanol–water partition coefficient (Wildman–Crippen LogP) is 3.13. The molecule has 1 N–H and O–H groups in total. The van der Waals surface area contributed by atoms with Gasteiger partial charge in [0.2, 0.25) is 5.95 Å². The molecule has 2 rings (SSSR count). The Morgan fingerprint density at radius 3 is 2.60 bits per heavy atom. The first-order chi connectivity index (χ1) is 7.24. The molecule has 0 saturated heterocycles. The van der Waals surface area contributed by atoms with Crippen LogP contribution >= 0.6 is 22.6 Å². The normalized spacial score (nSPS) is 10.0. The highest BCUT2D eigenvalue weighted by Crippen LogP contribution is 2.14. The second-order valence-electron chi connectivity index (χ2n) is 3.22. The summed E-state index contributed by atoms with van der Waals surface area (Å²) in [6, 6.07) is 8.11. The van der Waals surface area contributed by atoms with Crippen molar-refractivity contribution in [1.82, 2.24) is 9.97 Å². The lowest BCUT2D eigenvalue weighted by molar-refractivity contribution is 1.15. The molecule has 76 valence electrons. The van der Waals surface area contributed by atoms with Crippen molar-refractivity contribution in [2.24, 2.45) is 0 Å². The number of aromatic nitrogens is 2. The summed E-state index contributed by atoms with van der Waals surface area (Å²) in [6.07, 6.45) is 3.57. The number of halogens is 1. The Hall–Kier alpha value is -1.17. The fourth-order valence-corrected chi connectivity index (χ4v) is 1.51. The van der Waals surface area contributed by atoms with Gasteiger partial charge in [0.05, 0.1) is 0 Å². The van der Waals surface area contributed by atoms with E-state index < -0.39 is 0 Å². The second-order valence-corrected chi connectivity index (χ2v) is 4.47. The van der Waals surface area contributed by atoms with Crippen LogP contribution in [0.5, 0.6) is 0 Å². The van der Waals surface area contributed by atoms with E-state index in [4.69, 9.17) is 0 Å². The van der Waals surface area contributed by atoms with Crippen LogP contribution in [0.1, 0.15) is 5.56 Å². The van der Waals surface area contributed by atoms with Crippen molar-refractivity contribution in [1.29, 1.82) is 0 Å². The van der Waals surface area contributed by atoms with Crippen molar-refractivity contribution in [3.63, 3.8) is 0 Å². The lowest BCUT2D eigenvalue weighted by atomic mass is 10.2. The van der Waals surface area contributed by atoms with Crippen LogP contribution in [-0.4, -0.2) is 9.97 Å². The minimum absolute atomic E-state index is 0.626. The molecule has 1 heterocycles. The summed E-state index contributed by atoms with van der Waals surface area (Å²) in [4.78, 5) is 8.35. The molecular formula is C11H10IN3. The van der Waals surface area contributed by atoms with Gasteiger partial charge in [0.15, 0.2) is 0 Å². The highest BCUT2D eigenvalue weighted by Gasteiger charge is 1.97. The molecule has 0 fully saturated rings. The molecular weight excluding hydrogens is 301 g/mol. The zero-order valence-corrected chi connectivity index (χ0v) is 10.4. The van der Waals surface area contributed by atoms with Crippen LogP contribution in [0.4, 0.5) is 11.6 Å². The summed E-state index contributed by atoms with van der Waals surface area (Å²) in [5, 5.41) is 3.15. The summed E-state index contributed by atoms with van der Waals surface area (Å²) in [6.45, 7) is 2.06. The Morgan fingerprint density at radius 2 is 1.93 bits per heavy atom. The third-order valence-corrected chi connectivity index (χ3v) is 2.45. The molecule has 0 unspecified atom stereocenters. The molecule has 4 heteroatoms. The van der Waals surface area contributed by atoms with Gasteiger partial charge in [-0.05, 0) is 47.2 Å². The summed E-state index contributed by atoms with van der Waals surface area (Å²) in [5.41, 5.74) is 2.22. The van der Waals surface area contributed by atoms with E-state index in [2.05, 4.69) is 56.9 Å². The molecule has 0 amide bonds. The van der Waals surface area contributed by atoms with E-state index in [0.717, 1.165) is 9.26 Å². The third-order valence-electron chi connectivity index (χ3n) is 1.89. The van der Waals surface area contributed by atoms with Crippen LogP contribution < -0.4 is 5.32 Å². The van der Waals surface area contributed by atoms with E-state index in [1.807, 2.05) is 12.1 Å². The van der Waals surface area contributed by atoms with Gasteiger partial charge in [-0.15, -0.1) is 0 Å². The monoisotopic (exact) mass is 311 g/mol. The molecule has 1 aromatic carbocycles. The van der Waals surface area contributed by atoms with Gasteiger partial charge < -0.3 is 5.32 Å². The van der Waals surface area contributed by atoms with Crippen molar-refractivity contribution >= 4 is 34.2 Å². The topological polar surface area (TPSA) is 37.8 Å². The van der Waals surface area contributed by atoms with Gasteiger partial charge in [-0.25, -0.2) is 9.97 Å². The Kier molecular flexibility index (Phi) is 3.15. The van der Waals surface area contributed by atoms with Gasteiger partial charge in [0.25, 0.3) is 0 Å². The number of anilines is 2. The van der Waals surface area contributed by atoms with Gasteiger partial charge in [-0.3, -0.25) is 0 Å². The molecule has 3 nitrogen and oxygen atoms in total. The molecule has 0 saturated carbocycles. The molecule has 0 radical (unpaired) electrons. The molecule has 0 spiro atoms. The first kappa shape index (κ1) is 10.4. The molecule has 2 aromatic rings. The number of nitrogens with zero attached hydrogens (tertiary/aromatic N) is 2. The largest absolute Gasteiger partial charge is 0.324 e. The molecule has 0 atom stereocenters. The number of benzene rings is 1. The number of rotatable bonds is 2. The quantitative estimate of drug-likeness (QED) is 0.866. The average molecular weight is 311 g/mol. The van der Waals surface area contributed by atoms with Gasteiger partial charge in [-0.2, -0.15) is 0 Å². The fourth-order valence-electron chi connectivity index (χ4n) is 1.23. The first-order valence-corrected chi connectivity index (χ1v) is 5.63. The standard InChI is InChI=1S/C11H10IN3/c1-8-3-2-4-10(5-8)15-11-13-6-9(12)7-14-11/h2-7H,1H3,(H,13,14,15). The van der Waals surface area contributed by atoms with Gasteiger partial charge in [0, 0.05) is 21.7 Å². The Bertz CT molecular complexity index is 454.